The van der Waals surface area contributed by atoms with Gasteiger partial charge in [0.1, 0.15) is 5.75 Å². The number of carbonyl (C=O) groups excluding carboxylic acids is 1. The lowest BCUT2D eigenvalue weighted by molar-refractivity contribution is 0.252. The number of rotatable bonds is 6. The van der Waals surface area contributed by atoms with Gasteiger partial charge in [0.15, 0.2) is 0 Å². The van der Waals surface area contributed by atoms with Gasteiger partial charge in [0.25, 0.3) is 0 Å². The summed E-state index contributed by atoms with van der Waals surface area (Å²) >= 11 is 0. The first-order valence-corrected chi connectivity index (χ1v) is 9.11. The van der Waals surface area contributed by atoms with Crippen LogP contribution in [-0.2, 0) is 16.4 Å². The van der Waals surface area contributed by atoms with Crippen LogP contribution in [0.5, 0.6) is 5.75 Å². The minimum absolute atomic E-state index is 0.207. The first kappa shape index (κ1) is 17.6. The van der Waals surface area contributed by atoms with Crippen LogP contribution >= 0.6 is 0 Å². The Bertz CT molecular complexity index is 787. The van der Waals surface area contributed by atoms with E-state index in [0.717, 1.165) is 11.8 Å². The van der Waals surface area contributed by atoms with Gasteiger partial charge in [-0.05, 0) is 48.4 Å². The monoisotopic (exact) mass is 349 g/mol. The molecule has 0 atom stereocenters. The van der Waals surface area contributed by atoms with E-state index in [1.165, 1.54) is 0 Å². The molecule has 2 aromatic carbocycles. The highest BCUT2D eigenvalue weighted by molar-refractivity contribution is 7.92. The van der Waals surface area contributed by atoms with Crippen molar-refractivity contribution in [2.24, 2.45) is 0 Å². The molecule has 0 radical (unpaired) electrons. The van der Waals surface area contributed by atoms with Crippen LogP contribution < -0.4 is 15.4 Å². The minimum Gasteiger partial charge on any atom is -0.508 e. The molecule has 2 amide bonds. The van der Waals surface area contributed by atoms with Crippen molar-refractivity contribution in [3.63, 3.8) is 0 Å². The fraction of sp³-hybridized carbons (Fsp3) is 0.188. The van der Waals surface area contributed by atoms with Gasteiger partial charge >= 0.3 is 6.03 Å². The van der Waals surface area contributed by atoms with Crippen LogP contribution in [0.4, 0.5) is 16.2 Å². The molecule has 0 saturated heterocycles. The van der Waals surface area contributed by atoms with Gasteiger partial charge in [-0.3, -0.25) is 4.72 Å². The molecule has 128 valence electrons. The summed E-state index contributed by atoms with van der Waals surface area (Å²) in [6.07, 6.45) is 1.71. The summed E-state index contributed by atoms with van der Waals surface area (Å²) in [4.78, 5) is 11.8. The van der Waals surface area contributed by atoms with E-state index in [-0.39, 0.29) is 11.8 Å². The Hall–Kier alpha value is -2.74. The van der Waals surface area contributed by atoms with Crippen LogP contribution in [0.3, 0.4) is 0 Å². The van der Waals surface area contributed by atoms with E-state index in [1.807, 2.05) is 0 Å². The van der Waals surface area contributed by atoms with Crippen LogP contribution in [0.25, 0.3) is 0 Å². The van der Waals surface area contributed by atoms with Crippen LogP contribution in [0.1, 0.15) is 5.56 Å². The van der Waals surface area contributed by atoms with Gasteiger partial charge in [0, 0.05) is 17.9 Å². The van der Waals surface area contributed by atoms with Crippen molar-refractivity contribution in [2.75, 3.05) is 22.8 Å². The molecular formula is C16H19N3O4S. The highest BCUT2D eigenvalue weighted by Crippen LogP contribution is 2.14. The van der Waals surface area contributed by atoms with E-state index in [4.69, 9.17) is 0 Å². The number of aromatic hydroxyl groups is 1. The normalized spacial score (nSPS) is 10.9. The van der Waals surface area contributed by atoms with Crippen molar-refractivity contribution < 1.29 is 18.3 Å². The number of carbonyl (C=O) groups is 1. The van der Waals surface area contributed by atoms with Crippen LogP contribution in [-0.4, -0.2) is 32.4 Å². The Morgan fingerprint density at radius 1 is 1.00 bits per heavy atom. The molecule has 7 nitrogen and oxygen atoms in total. The SMILES string of the molecule is CS(=O)(=O)Nc1ccc(NC(=O)NCCc2ccc(O)cc2)cc1. The number of phenols is 1. The van der Waals surface area contributed by atoms with E-state index in [0.29, 0.717) is 24.3 Å². The molecule has 0 heterocycles. The van der Waals surface area contributed by atoms with E-state index in [1.54, 1.807) is 48.5 Å². The summed E-state index contributed by atoms with van der Waals surface area (Å²) in [7, 11) is -3.32. The highest BCUT2D eigenvalue weighted by Gasteiger charge is 2.04. The molecule has 0 aromatic heterocycles. The number of sulfonamides is 1. The van der Waals surface area contributed by atoms with Crippen LogP contribution in [0.2, 0.25) is 0 Å². The molecule has 0 unspecified atom stereocenters. The minimum atomic E-state index is -3.32. The number of hydrogen-bond donors (Lipinski definition) is 4. The molecule has 0 aliphatic rings. The first-order chi connectivity index (χ1) is 11.3. The second kappa shape index (κ2) is 7.69. The second-order valence-corrected chi connectivity index (χ2v) is 7.00. The zero-order valence-electron chi connectivity index (χ0n) is 13.1. The van der Waals surface area contributed by atoms with Crippen LogP contribution in [0, 0.1) is 0 Å². The van der Waals surface area contributed by atoms with Gasteiger partial charge in [-0.1, -0.05) is 12.1 Å². The van der Waals surface area contributed by atoms with Crippen molar-refractivity contribution in [1.29, 1.82) is 0 Å². The Balaban J connectivity index is 1.78. The van der Waals surface area contributed by atoms with Gasteiger partial charge in [-0.15, -0.1) is 0 Å². The lowest BCUT2D eigenvalue weighted by Gasteiger charge is -2.09. The average Bonchev–Trinajstić information content (AvgIpc) is 2.50. The Morgan fingerprint density at radius 3 is 2.17 bits per heavy atom. The number of amides is 2. The first-order valence-electron chi connectivity index (χ1n) is 7.22. The van der Waals surface area contributed by atoms with Gasteiger partial charge in [0.05, 0.1) is 6.26 Å². The number of urea groups is 1. The highest BCUT2D eigenvalue weighted by atomic mass is 32.2. The Kier molecular flexibility index (Phi) is 5.64. The van der Waals surface area contributed by atoms with E-state index < -0.39 is 10.0 Å². The summed E-state index contributed by atoms with van der Waals surface area (Å²) < 4.78 is 24.6. The third-order valence-electron chi connectivity index (χ3n) is 3.08. The zero-order valence-corrected chi connectivity index (χ0v) is 13.9. The molecule has 24 heavy (non-hydrogen) atoms. The molecule has 0 saturated carbocycles. The number of anilines is 2. The van der Waals surface area contributed by atoms with Crippen molar-refractivity contribution in [3.8, 4) is 5.75 Å². The van der Waals surface area contributed by atoms with Crippen molar-refractivity contribution in [2.45, 2.75) is 6.42 Å². The average molecular weight is 349 g/mol. The van der Waals surface area contributed by atoms with Crippen molar-refractivity contribution >= 4 is 27.4 Å². The topological polar surface area (TPSA) is 108 Å². The molecular weight excluding hydrogens is 330 g/mol. The molecule has 8 heteroatoms. The Morgan fingerprint density at radius 2 is 1.58 bits per heavy atom. The lowest BCUT2D eigenvalue weighted by atomic mass is 10.1. The summed E-state index contributed by atoms with van der Waals surface area (Å²) in [5.74, 6) is 0.207. The maximum absolute atomic E-state index is 11.8. The quantitative estimate of drug-likeness (QED) is 0.641. The largest absolute Gasteiger partial charge is 0.508 e. The number of phenolic OH excluding ortho intramolecular Hbond substituents is 1. The maximum atomic E-state index is 11.8. The van der Waals surface area contributed by atoms with Crippen molar-refractivity contribution in [3.05, 3.63) is 54.1 Å². The van der Waals surface area contributed by atoms with E-state index in [9.17, 15) is 18.3 Å². The molecule has 2 aromatic rings. The molecule has 0 aliphatic carbocycles. The van der Waals surface area contributed by atoms with Crippen LogP contribution in [0.15, 0.2) is 48.5 Å². The predicted octanol–water partition coefficient (Wildman–Crippen LogP) is 2.13. The molecule has 0 bridgehead atoms. The summed E-state index contributed by atoms with van der Waals surface area (Å²) in [6, 6.07) is 12.8. The summed E-state index contributed by atoms with van der Waals surface area (Å²) in [5, 5.41) is 14.6. The number of nitrogens with one attached hydrogen (secondary N) is 3. The molecule has 2 rings (SSSR count). The standard InChI is InChI=1S/C16H19N3O4S/c1-24(22,23)19-14-6-4-13(5-7-14)18-16(21)17-11-10-12-2-8-15(20)9-3-12/h2-9,19-20H,10-11H2,1H3,(H2,17,18,21). The van der Waals surface area contributed by atoms with Gasteiger partial charge < -0.3 is 15.7 Å². The second-order valence-electron chi connectivity index (χ2n) is 5.25. The number of benzene rings is 2. The molecule has 0 aliphatic heterocycles. The van der Waals surface area contributed by atoms with E-state index >= 15 is 0 Å². The number of hydrogen-bond acceptors (Lipinski definition) is 4. The van der Waals surface area contributed by atoms with E-state index in [2.05, 4.69) is 15.4 Å². The molecule has 0 fully saturated rings. The summed E-state index contributed by atoms with van der Waals surface area (Å²) in [5.41, 5.74) is 1.98. The lowest BCUT2D eigenvalue weighted by Crippen LogP contribution is -2.30. The predicted molar refractivity (Wildman–Crippen MR) is 93.7 cm³/mol. The van der Waals surface area contributed by atoms with Gasteiger partial charge in [-0.25, -0.2) is 13.2 Å². The van der Waals surface area contributed by atoms with Gasteiger partial charge in [0.2, 0.25) is 10.0 Å². The fourth-order valence-corrected chi connectivity index (χ4v) is 2.56. The third-order valence-corrected chi connectivity index (χ3v) is 3.69. The van der Waals surface area contributed by atoms with Crippen molar-refractivity contribution in [1.82, 2.24) is 5.32 Å². The fourth-order valence-electron chi connectivity index (χ4n) is 1.99. The zero-order chi connectivity index (χ0) is 17.6. The third kappa shape index (κ3) is 6.17. The Labute approximate surface area is 140 Å². The van der Waals surface area contributed by atoms with Gasteiger partial charge in [-0.2, -0.15) is 0 Å². The molecule has 0 spiro atoms. The smallest absolute Gasteiger partial charge is 0.319 e. The maximum Gasteiger partial charge on any atom is 0.319 e. The summed E-state index contributed by atoms with van der Waals surface area (Å²) in [6.45, 7) is 0.449. The molecule has 4 N–H and O–H groups in total.